The first kappa shape index (κ1) is 13.3. The molecule has 4 nitrogen and oxygen atoms in total. The average molecular weight is 309 g/mol. The van der Waals surface area contributed by atoms with Gasteiger partial charge in [-0.3, -0.25) is 4.90 Å². The van der Waals surface area contributed by atoms with Gasteiger partial charge in [-0.15, -0.1) is 0 Å². The predicted octanol–water partition coefficient (Wildman–Crippen LogP) is 2.27. The maximum Gasteiger partial charge on any atom is 0.128 e. The van der Waals surface area contributed by atoms with Gasteiger partial charge in [0.05, 0.1) is 6.07 Å². The van der Waals surface area contributed by atoms with Crippen LogP contribution in [0.3, 0.4) is 0 Å². The molecule has 0 spiro atoms. The Kier molecular flexibility index (Phi) is 3.88. The summed E-state index contributed by atoms with van der Waals surface area (Å²) < 4.78 is 0.996. The number of aromatic nitrogens is 1. The van der Waals surface area contributed by atoms with Crippen molar-refractivity contribution in [3.8, 4) is 6.07 Å². The summed E-state index contributed by atoms with van der Waals surface area (Å²) in [5, 5.41) is 9.14. The summed E-state index contributed by atoms with van der Waals surface area (Å²) in [6, 6.07) is 6.39. The highest BCUT2D eigenvalue weighted by Crippen LogP contribution is 2.20. The molecular formula is C13H17BrN4. The monoisotopic (exact) mass is 308 g/mol. The molecular weight excluding hydrogens is 292 g/mol. The van der Waals surface area contributed by atoms with E-state index in [9.17, 15) is 0 Å². The van der Waals surface area contributed by atoms with Crippen LogP contribution in [0.1, 0.15) is 13.8 Å². The minimum atomic E-state index is -0.376. The third-order valence-electron chi connectivity index (χ3n) is 3.38. The van der Waals surface area contributed by atoms with Crippen LogP contribution in [-0.4, -0.2) is 41.6 Å². The van der Waals surface area contributed by atoms with Crippen LogP contribution in [-0.2, 0) is 0 Å². The Morgan fingerprint density at radius 1 is 1.28 bits per heavy atom. The van der Waals surface area contributed by atoms with E-state index in [-0.39, 0.29) is 5.54 Å². The number of nitrogens with zero attached hydrogens (tertiary/aromatic N) is 4. The standard InChI is InChI=1S/C13H17BrN4/c1-13(2,10-15)18-7-5-17(6-8-18)12-4-3-11(14)9-16-12/h3-4,9H,5-8H2,1-2H3. The fourth-order valence-electron chi connectivity index (χ4n) is 2.12. The minimum absolute atomic E-state index is 0.376. The summed E-state index contributed by atoms with van der Waals surface area (Å²) in [6.45, 7) is 7.58. The molecule has 2 heterocycles. The van der Waals surface area contributed by atoms with E-state index in [1.165, 1.54) is 0 Å². The topological polar surface area (TPSA) is 43.2 Å². The predicted molar refractivity (Wildman–Crippen MR) is 75.4 cm³/mol. The van der Waals surface area contributed by atoms with Crippen LogP contribution in [0.5, 0.6) is 0 Å². The first-order chi connectivity index (χ1) is 8.53. The zero-order valence-corrected chi connectivity index (χ0v) is 12.3. The van der Waals surface area contributed by atoms with E-state index in [1.807, 2.05) is 32.2 Å². The second kappa shape index (κ2) is 5.25. The van der Waals surface area contributed by atoms with Crippen molar-refractivity contribution in [2.45, 2.75) is 19.4 Å². The maximum atomic E-state index is 9.14. The van der Waals surface area contributed by atoms with Crippen LogP contribution >= 0.6 is 15.9 Å². The molecule has 0 aliphatic carbocycles. The molecule has 96 valence electrons. The highest BCUT2D eigenvalue weighted by atomic mass is 79.9. The molecule has 0 atom stereocenters. The van der Waals surface area contributed by atoms with E-state index in [1.54, 1.807) is 0 Å². The minimum Gasteiger partial charge on any atom is -0.354 e. The number of hydrogen-bond donors (Lipinski definition) is 0. The number of anilines is 1. The molecule has 1 aliphatic heterocycles. The molecule has 1 fully saturated rings. The van der Waals surface area contributed by atoms with Gasteiger partial charge in [0.1, 0.15) is 11.4 Å². The van der Waals surface area contributed by atoms with Gasteiger partial charge in [0.25, 0.3) is 0 Å². The number of rotatable bonds is 2. The van der Waals surface area contributed by atoms with E-state index >= 15 is 0 Å². The van der Waals surface area contributed by atoms with Crippen molar-refractivity contribution >= 4 is 21.7 Å². The zero-order chi connectivity index (χ0) is 13.2. The van der Waals surface area contributed by atoms with Crippen molar-refractivity contribution in [2.75, 3.05) is 31.1 Å². The van der Waals surface area contributed by atoms with Gasteiger partial charge in [0, 0.05) is 36.8 Å². The Morgan fingerprint density at radius 3 is 2.44 bits per heavy atom. The molecule has 1 aromatic heterocycles. The summed E-state index contributed by atoms with van der Waals surface area (Å²) in [6.07, 6.45) is 1.82. The smallest absolute Gasteiger partial charge is 0.128 e. The van der Waals surface area contributed by atoms with Gasteiger partial charge < -0.3 is 4.90 Å². The van der Waals surface area contributed by atoms with Crippen molar-refractivity contribution < 1.29 is 0 Å². The van der Waals surface area contributed by atoms with E-state index in [0.717, 1.165) is 36.5 Å². The molecule has 0 amide bonds. The van der Waals surface area contributed by atoms with Crippen LogP contribution in [0.4, 0.5) is 5.82 Å². The summed E-state index contributed by atoms with van der Waals surface area (Å²) >= 11 is 3.39. The first-order valence-corrected chi connectivity index (χ1v) is 6.85. The highest BCUT2D eigenvalue weighted by molar-refractivity contribution is 9.10. The Hall–Kier alpha value is -1.12. The Bertz CT molecular complexity index is 441. The fraction of sp³-hybridized carbons (Fsp3) is 0.538. The molecule has 18 heavy (non-hydrogen) atoms. The third-order valence-corrected chi connectivity index (χ3v) is 3.85. The van der Waals surface area contributed by atoms with Crippen LogP contribution in [0.15, 0.2) is 22.8 Å². The molecule has 0 saturated carbocycles. The van der Waals surface area contributed by atoms with E-state index in [0.29, 0.717) is 0 Å². The maximum absolute atomic E-state index is 9.14. The zero-order valence-electron chi connectivity index (χ0n) is 10.7. The number of nitriles is 1. The van der Waals surface area contributed by atoms with Crippen molar-refractivity contribution in [1.29, 1.82) is 5.26 Å². The summed E-state index contributed by atoms with van der Waals surface area (Å²) in [7, 11) is 0. The molecule has 1 saturated heterocycles. The second-order valence-corrected chi connectivity index (χ2v) is 5.90. The lowest BCUT2D eigenvalue weighted by molar-refractivity contribution is 0.158. The van der Waals surface area contributed by atoms with E-state index in [4.69, 9.17) is 5.26 Å². The van der Waals surface area contributed by atoms with Crippen LogP contribution in [0, 0.1) is 11.3 Å². The molecule has 2 rings (SSSR count). The Balaban J connectivity index is 1.99. The molecule has 0 radical (unpaired) electrons. The third kappa shape index (κ3) is 2.82. The summed E-state index contributed by atoms with van der Waals surface area (Å²) in [4.78, 5) is 8.89. The molecule has 1 aliphatic rings. The van der Waals surface area contributed by atoms with Gasteiger partial charge in [0.15, 0.2) is 0 Å². The molecule has 0 bridgehead atoms. The fourth-order valence-corrected chi connectivity index (χ4v) is 2.35. The molecule has 1 aromatic rings. The number of hydrogen-bond acceptors (Lipinski definition) is 4. The van der Waals surface area contributed by atoms with Gasteiger partial charge >= 0.3 is 0 Å². The summed E-state index contributed by atoms with van der Waals surface area (Å²) in [5.41, 5.74) is -0.376. The normalized spacial score (nSPS) is 17.6. The van der Waals surface area contributed by atoms with Crippen LogP contribution in [0.25, 0.3) is 0 Å². The average Bonchev–Trinajstić information content (AvgIpc) is 2.40. The molecule has 0 aromatic carbocycles. The largest absolute Gasteiger partial charge is 0.354 e. The Labute approximate surface area is 116 Å². The molecule has 0 unspecified atom stereocenters. The van der Waals surface area contributed by atoms with Crippen LogP contribution in [0.2, 0.25) is 0 Å². The van der Waals surface area contributed by atoms with Crippen LogP contribution < -0.4 is 4.90 Å². The Morgan fingerprint density at radius 2 is 1.94 bits per heavy atom. The summed E-state index contributed by atoms with van der Waals surface area (Å²) in [5.74, 6) is 1.01. The van der Waals surface area contributed by atoms with Gasteiger partial charge in [-0.25, -0.2) is 4.98 Å². The van der Waals surface area contributed by atoms with Gasteiger partial charge in [-0.2, -0.15) is 5.26 Å². The van der Waals surface area contributed by atoms with Gasteiger partial charge in [-0.1, -0.05) is 0 Å². The van der Waals surface area contributed by atoms with E-state index < -0.39 is 0 Å². The first-order valence-electron chi connectivity index (χ1n) is 6.06. The van der Waals surface area contributed by atoms with E-state index in [2.05, 4.69) is 36.8 Å². The lowest BCUT2D eigenvalue weighted by atomic mass is 10.0. The number of piperazine rings is 1. The van der Waals surface area contributed by atoms with Crippen molar-refractivity contribution in [2.24, 2.45) is 0 Å². The highest BCUT2D eigenvalue weighted by Gasteiger charge is 2.29. The lowest BCUT2D eigenvalue weighted by Crippen LogP contribution is -2.54. The van der Waals surface area contributed by atoms with Gasteiger partial charge in [0.2, 0.25) is 0 Å². The SMILES string of the molecule is CC(C)(C#N)N1CCN(c2ccc(Br)cn2)CC1. The van der Waals surface area contributed by atoms with Crippen molar-refractivity contribution in [1.82, 2.24) is 9.88 Å². The lowest BCUT2D eigenvalue weighted by Gasteiger charge is -2.40. The van der Waals surface area contributed by atoms with Crippen molar-refractivity contribution in [3.05, 3.63) is 22.8 Å². The number of halogens is 1. The quantitative estimate of drug-likeness (QED) is 0.840. The number of pyridine rings is 1. The molecule has 5 heteroatoms. The second-order valence-electron chi connectivity index (χ2n) is 4.98. The van der Waals surface area contributed by atoms with Gasteiger partial charge in [-0.05, 0) is 41.9 Å². The van der Waals surface area contributed by atoms with Crippen molar-refractivity contribution in [3.63, 3.8) is 0 Å². The molecule has 0 N–H and O–H groups in total.